The van der Waals surface area contributed by atoms with Crippen LogP contribution in [0.5, 0.6) is 0 Å². The Bertz CT molecular complexity index is 168. The van der Waals surface area contributed by atoms with Crippen LogP contribution in [0, 0.1) is 11.8 Å². The van der Waals surface area contributed by atoms with E-state index in [2.05, 4.69) is 19.2 Å². The molecule has 2 rings (SSSR count). The summed E-state index contributed by atoms with van der Waals surface area (Å²) in [6, 6.07) is 0. The van der Waals surface area contributed by atoms with Gasteiger partial charge in [0.05, 0.1) is 0 Å². The Morgan fingerprint density at radius 3 is 2.23 bits per heavy atom. The van der Waals surface area contributed by atoms with Gasteiger partial charge in [0.1, 0.15) is 0 Å². The van der Waals surface area contributed by atoms with E-state index in [1.165, 1.54) is 45.1 Å². The highest BCUT2D eigenvalue weighted by atomic mass is 15.0. The third kappa shape index (κ3) is 1.90. The van der Waals surface area contributed by atoms with E-state index in [4.69, 9.17) is 0 Å². The largest absolute Gasteiger partial charge is 0.311 e. The van der Waals surface area contributed by atoms with E-state index < -0.39 is 0 Å². The van der Waals surface area contributed by atoms with E-state index in [1.807, 2.05) is 0 Å². The molecule has 1 atom stereocenters. The first-order valence-electron chi connectivity index (χ1n) is 5.95. The Kier molecular flexibility index (Phi) is 2.64. The van der Waals surface area contributed by atoms with Crippen LogP contribution in [0.15, 0.2) is 0 Å². The summed E-state index contributed by atoms with van der Waals surface area (Å²) in [5.41, 5.74) is 0.419. The Balaban J connectivity index is 1.98. The van der Waals surface area contributed by atoms with Gasteiger partial charge >= 0.3 is 0 Å². The van der Waals surface area contributed by atoms with Crippen molar-refractivity contribution in [3.8, 4) is 0 Å². The Morgan fingerprint density at radius 2 is 1.69 bits per heavy atom. The molecule has 1 heterocycles. The van der Waals surface area contributed by atoms with Gasteiger partial charge in [-0.25, -0.2) is 0 Å². The summed E-state index contributed by atoms with van der Waals surface area (Å²) in [6.45, 7) is 6.02. The van der Waals surface area contributed by atoms with Crippen LogP contribution in [0.2, 0.25) is 0 Å². The third-order valence-electron chi connectivity index (χ3n) is 4.18. The van der Waals surface area contributed by atoms with Crippen LogP contribution < -0.4 is 5.32 Å². The average Bonchev–Trinajstić information content (AvgIpc) is 2.47. The summed E-state index contributed by atoms with van der Waals surface area (Å²) in [5, 5.41) is 3.64. The van der Waals surface area contributed by atoms with Gasteiger partial charge in [-0.3, -0.25) is 0 Å². The topological polar surface area (TPSA) is 12.0 Å². The van der Waals surface area contributed by atoms with Crippen LogP contribution in [0.1, 0.15) is 52.4 Å². The maximum absolute atomic E-state index is 3.64. The number of nitrogens with one attached hydrogen (secondary N) is 1. The quantitative estimate of drug-likeness (QED) is 0.656. The Hall–Kier alpha value is -0.0400. The lowest BCUT2D eigenvalue weighted by atomic mass is 9.72. The molecule has 0 aromatic heterocycles. The van der Waals surface area contributed by atoms with Crippen molar-refractivity contribution >= 4 is 0 Å². The van der Waals surface area contributed by atoms with Gasteiger partial charge in [0.2, 0.25) is 0 Å². The van der Waals surface area contributed by atoms with E-state index in [0.29, 0.717) is 5.54 Å². The maximum atomic E-state index is 3.64. The highest BCUT2D eigenvalue weighted by molar-refractivity contribution is 4.95. The molecule has 1 aliphatic heterocycles. The predicted octanol–water partition coefficient (Wildman–Crippen LogP) is 2.95. The summed E-state index contributed by atoms with van der Waals surface area (Å²) >= 11 is 0. The second kappa shape index (κ2) is 3.61. The SMILES string of the molecule is CC1(C)NCCC1C1CCCCC1. The van der Waals surface area contributed by atoms with Gasteiger partial charge in [0.25, 0.3) is 0 Å². The standard InChI is InChI=1S/C12H23N/c1-12(2)11(8-9-13-12)10-6-4-3-5-7-10/h10-11,13H,3-9H2,1-2H3. The molecule has 0 amide bonds. The number of hydrogen-bond donors (Lipinski definition) is 1. The fraction of sp³-hybridized carbons (Fsp3) is 1.00. The van der Waals surface area contributed by atoms with Crippen molar-refractivity contribution in [1.29, 1.82) is 0 Å². The molecular formula is C12H23N. The van der Waals surface area contributed by atoms with Gasteiger partial charge in [-0.1, -0.05) is 32.1 Å². The van der Waals surface area contributed by atoms with Crippen LogP contribution in [-0.2, 0) is 0 Å². The van der Waals surface area contributed by atoms with E-state index in [-0.39, 0.29) is 0 Å². The predicted molar refractivity (Wildman–Crippen MR) is 56.8 cm³/mol. The molecular weight excluding hydrogens is 158 g/mol. The van der Waals surface area contributed by atoms with Crippen LogP contribution in [-0.4, -0.2) is 12.1 Å². The Labute approximate surface area is 82.3 Å². The molecule has 1 nitrogen and oxygen atoms in total. The lowest BCUT2D eigenvalue weighted by Gasteiger charge is -2.36. The minimum atomic E-state index is 0.419. The molecule has 1 N–H and O–H groups in total. The van der Waals surface area contributed by atoms with Gasteiger partial charge in [-0.05, 0) is 38.6 Å². The monoisotopic (exact) mass is 181 g/mol. The minimum Gasteiger partial charge on any atom is -0.311 e. The molecule has 0 bridgehead atoms. The smallest absolute Gasteiger partial charge is 0.0156 e. The average molecular weight is 181 g/mol. The fourth-order valence-electron chi connectivity index (χ4n) is 3.40. The third-order valence-corrected chi connectivity index (χ3v) is 4.18. The number of hydrogen-bond acceptors (Lipinski definition) is 1. The first-order chi connectivity index (χ1) is 6.20. The summed E-state index contributed by atoms with van der Waals surface area (Å²) < 4.78 is 0. The van der Waals surface area contributed by atoms with Crippen molar-refractivity contribution < 1.29 is 0 Å². The van der Waals surface area contributed by atoms with E-state index in [9.17, 15) is 0 Å². The van der Waals surface area contributed by atoms with Crippen molar-refractivity contribution in [2.24, 2.45) is 11.8 Å². The fourth-order valence-corrected chi connectivity index (χ4v) is 3.40. The van der Waals surface area contributed by atoms with E-state index in [1.54, 1.807) is 0 Å². The zero-order valence-corrected chi connectivity index (χ0v) is 9.10. The van der Waals surface area contributed by atoms with Crippen LogP contribution in [0.3, 0.4) is 0 Å². The Morgan fingerprint density at radius 1 is 1.00 bits per heavy atom. The van der Waals surface area contributed by atoms with E-state index >= 15 is 0 Å². The van der Waals surface area contributed by atoms with Gasteiger partial charge in [0, 0.05) is 5.54 Å². The molecule has 1 aliphatic carbocycles. The first-order valence-corrected chi connectivity index (χ1v) is 5.95. The molecule has 76 valence electrons. The molecule has 0 radical (unpaired) electrons. The molecule has 1 saturated carbocycles. The highest BCUT2D eigenvalue weighted by Crippen LogP contribution is 2.39. The van der Waals surface area contributed by atoms with Gasteiger partial charge < -0.3 is 5.32 Å². The summed E-state index contributed by atoms with van der Waals surface area (Å²) in [5.74, 6) is 1.98. The summed E-state index contributed by atoms with van der Waals surface area (Å²) in [7, 11) is 0. The highest BCUT2D eigenvalue weighted by Gasteiger charge is 2.39. The van der Waals surface area contributed by atoms with Gasteiger partial charge in [0.15, 0.2) is 0 Å². The van der Waals surface area contributed by atoms with Crippen molar-refractivity contribution in [1.82, 2.24) is 5.32 Å². The molecule has 13 heavy (non-hydrogen) atoms. The van der Waals surface area contributed by atoms with Gasteiger partial charge in [-0.2, -0.15) is 0 Å². The van der Waals surface area contributed by atoms with Crippen molar-refractivity contribution in [3.05, 3.63) is 0 Å². The van der Waals surface area contributed by atoms with Crippen LogP contribution >= 0.6 is 0 Å². The molecule has 1 saturated heterocycles. The van der Waals surface area contributed by atoms with Crippen molar-refractivity contribution in [3.63, 3.8) is 0 Å². The maximum Gasteiger partial charge on any atom is 0.0156 e. The van der Waals surface area contributed by atoms with Gasteiger partial charge in [-0.15, -0.1) is 0 Å². The summed E-state index contributed by atoms with van der Waals surface area (Å²) in [4.78, 5) is 0. The molecule has 0 spiro atoms. The molecule has 2 fully saturated rings. The van der Waals surface area contributed by atoms with Crippen LogP contribution in [0.25, 0.3) is 0 Å². The molecule has 1 heteroatoms. The first kappa shape index (κ1) is 9.51. The molecule has 0 aromatic rings. The number of rotatable bonds is 1. The second-order valence-corrected chi connectivity index (χ2v) is 5.44. The van der Waals surface area contributed by atoms with E-state index in [0.717, 1.165) is 11.8 Å². The van der Waals surface area contributed by atoms with Crippen molar-refractivity contribution in [2.45, 2.75) is 57.9 Å². The lowest BCUT2D eigenvalue weighted by Crippen LogP contribution is -2.41. The molecule has 1 unspecified atom stereocenters. The lowest BCUT2D eigenvalue weighted by molar-refractivity contribution is 0.184. The van der Waals surface area contributed by atoms with Crippen LogP contribution in [0.4, 0.5) is 0 Å². The van der Waals surface area contributed by atoms with Crippen molar-refractivity contribution in [2.75, 3.05) is 6.54 Å². The molecule has 0 aromatic carbocycles. The zero-order valence-electron chi connectivity index (χ0n) is 9.10. The minimum absolute atomic E-state index is 0.419. The summed E-state index contributed by atoms with van der Waals surface area (Å²) in [6.07, 6.45) is 8.86. The zero-order chi connectivity index (χ0) is 9.31. The second-order valence-electron chi connectivity index (χ2n) is 5.44. The normalized spacial score (nSPS) is 35.1. The molecule has 2 aliphatic rings.